The minimum atomic E-state index is -1.04. The average Bonchev–Trinajstić information content (AvgIpc) is 2.87. The average molecular weight is 469 g/mol. The highest BCUT2D eigenvalue weighted by atomic mass is 16.4. The Kier molecular flexibility index (Phi) is 7.11. The molecule has 0 saturated heterocycles. The molecule has 1 amide bonds. The second kappa shape index (κ2) is 10.6. The van der Waals surface area contributed by atoms with Crippen LogP contribution in [0, 0.1) is 6.92 Å². The van der Waals surface area contributed by atoms with E-state index in [2.05, 4.69) is 44.5 Å². The molecule has 1 heterocycles. The Labute approximate surface area is 204 Å². The van der Waals surface area contributed by atoms with E-state index in [0.29, 0.717) is 41.8 Å². The van der Waals surface area contributed by atoms with E-state index in [4.69, 9.17) is 5.73 Å². The first kappa shape index (κ1) is 23.6. The second-order valence-corrected chi connectivity index (χ2v) is 8.25. The van der Waals surface area contributed by atoms with Crippen LogP contribution in [0.2, 0.25) is 0 Å². The molecule has 0 spiro atoms. The predicted octanol–water partition coefficient (Wildman–Crippen LogP) is 5.43. The molecule has 4 aromatic rings. The normalized spacial score (nSPS) is 10.6. The SMILES string of the molecule is Cc1ccc(Nc2ncnc(N(Cc3ccccc3)Cc3ccccc3)c2N)cc1N(C)C(=O)O. The van der Waals surface area contributed by atoms with Crippen LogP contribution in [0.4, 0.5) is 33.5 Å². The zero-order valence-corrected chi connectivity index (χ0v) is 19.7. The minimum Gasteiger partial charge on any atom is -0.465 e. The maximum atomic E-state index is 11.5. The van der Waals surface area contributed by atoms with Crippen LogP contribution in [0.5, 0.6) is 0 Å². The summed E-state index contributed by atoms with van der Waals surface area (Å²) < 4.78 is 0. The van der Waals surface area contributed by atoms with E-state index in [1.807, 2.05) is 55.5 Å². The maximum absolute atomic E-state index is 11.5. The Morgan fingerprint density at radius 1 is 0.943 bits per heavy atom. The number of nitrogens with zero attached hydrogens (tertiary/aromatic N) is 4. The van der Waals surface area contributed by atoms with E-state index in [-0.39, 0.29) is 0 Å². The van der Waals surface area contributed by atoms with Crippen LogP contribution in [0.25, 0.3) is 0 Å². The number of benzene rings is 3. The molecular weight excluding hydrogens is 440 g/mol. The number of aromatic nitrogens is 2. The lowest BCUT2D eigenvalue weighted by molar-refractivity contribution is 0.203. The van der Waals surface area contributed by atoms with Gasteiger partial charge in [-0.05, 0) is 35.7 Å². The number of amides is 1. The van der Waals surface area contributed by atoms with Gasteiger partial charge in [0.05, 0.1) is 5.69 Å². The van der Waals surface area contributed by atoms with Crippen LogP contribution >= 0.6 is 0 Å². The molecule has 0 unspecified atom stereocenters. The summed E-state index contributed by atoms with van der Waals surface area (Å²) in [6.07, 6.45) is 0.446. The number of nitrogens with two attached hydrogens (primary N) is 1. The first-order valence-corrected chi connectivity index (χ1v) is 11.2. The molecule has 0 fully saturated rings. The highest BCUT2D eigenvalue weighted by Crippen LogP contribution is 2.32. The van der Waals surface area contributed by atoms with E-state index >= 15 is 0 Å². The van der Waals surface area contributed by atoms with E-state index in [0.717, 1.165) is 16.7 Å². The van der Waals surface area contributed by atoms with E-state index in [1.165, 1.54) is 18.3 Å². The van der Waals surface area contributed by atoms with Gasteiger partial charge in [0.1, 0.15) is 12.0 Å². The molecule has 4 rings (SSSR count). The van der Waals surface area contributed by atoms with Gasteiger partial charge >= 0.3 is 6.09 Å². The highest BCUT2D eigenvalue weighted by molar-refractivity contribution is 5.88. The summed E-state index contributed by atoms with van der Waals surface area (Å²) in [5.74, 6) is 1.07. The third kappa shape index (κ3) is 5.67. The summed E-state index contributed by atoms with van der Waals surface area (Å²) >= 11 is 0. The fourth-order valence-electron chi connectivity index (χ4n) is 3.84. The monoisotopic (exact) mass is 468 g/mol. The second-order valence-electron chi connectivity index (χ2n) is 8.25. The van der Waals surface area contributed by atoms with Crippen molar-refractivity contribution in [3.8, 4) is 0 Å². The standard InChI is InChI=1S/C27H28N6O2/c1-19-13-14-22(15-23(19)32(2)27(34)35)31-25-24(28)26(30-18-29-25)33(16-20-9-5-3-6-10-20)17-21-11-7-4-8-12-21/h3-15,18H,16-17,28H2,1-2H3,(H,34,35)(H,29,30,31). The number of nitrogens with one attached hydrogen (secondary N) is 1. The van der Waals surface area contributed by atoms with Gasteiger partial charge in [-0.25, -0.2) is 14.8 Å². The largest absolute Gasteiger partial charge is 0.465 e. The van der Waals surface area contributed by atoms with Crippen molar-refractivity contribution >= 4 is 34.8 Å². The molecule has 8 heteroatoms. The van der Waals surface area contributed by atoms with Crippen LogP contribution in [0.15, 0.2) is 85.2 Å². The van der Waals surface area contributed by atoms with Crippen molar-refractivity contribution in [2.45, 2.75) is 20.0 Å². The quantitative estimate of drug-likeness (QED) is 0.316. The topological polar surface area (TPSA) is 108 Å². The molecule has 1 aromatic heterocycles. The predicted molar refractivity (Wildman–Crippen MR) is 140 cm³/mol. The van der Waals surface area contributed by atoms with Crippen LogP contribution in [-0.4, -0.2) is 28.2 Å². The molecule has 0 bridgehead atoms. The van der Waals surface area contributed by atoms with Crippen molar-refractivity contribution in [3.05, 3.63) is 102 Å². The molecule has 4 N–H and O–H groups in total. The number of rotatable bonds is 8. The molecule has 0 radical (unpaired) electrons. The molecule has 0 aliphatic rings. The van der Waals surface area contributed by atoms with Crippen LogP contribution < -0.4 is 20.9 Å². The van der Waals surface area contributed by atoms with E-state index < -0.39 is 6.09 Å². The summed E-state index contributed by atoms with van der Waals surface area (Å²) in [6.45, 7) is 3.10. The third-order valence-corrected chi connectivity index (χ3v) is 5.72. The van der Waals surface area contributed by atoms with Gasteiger partial charge < -0.3 is 21.1 Å². The van der Waals surface area contributed by atoms with Crippen LogP contribution in [0.3, 0.4) is 0 Å². The number of nitrogen functional groups attached to an aromatic ring is 1. The summed E-state index contributed by atoms with van der Waals surface area (Å²) in [5, 5.41) is 12.6. The summed E-state index contributed by atoms with van der Waals surface area (Å²) in [7, 11) is 1.51. The van der Waals surface area contributed by atoms with Gasteiger partial charge in [0.15, 0.2) is 11.6 Å². The number of aryl methyl sites for hydroxylation is 1. The minimum absolute atomic E-state index is 0.410. The molecular formula is C27H28N6O2. The Balaban J connectivity index is 1.66. The summed E-state index contributed by atoms with van der Waals surface area (Å²) in [5.41, 5.74) is 11.4. The highest BCUT2D eigenvalue weighted by Gasteiger charge is 2.18. The molecule has 0 aliphatic carbocycles. The molecule has 8 nitrogen and oxygen atoms in total. The molecule has 35 heavy (non-hydrogen) atoms. The first-order chi connectivity index (χ1) is 16.9. The van der Waals surface area contributed by atoms with Gasteiger partial charge in [-0.3, -0.25) is 4.90 Å². The van der Waals surface area contributed by atoms with Crippen LogP contribution in [-0.2, 0) is 13.1 Å². The van der Waals surface area contributed by atoms with Crippen molar-refractivity contribution in [1.82, 2.24) is 9.97 Å². The van der Waals surface area contributed by atoms with Crippen molar-refractivity contribution in [2.24, 2.45) is 0 Å². The fraction of sp³-hybridized carbons (Fsp3) is 0.148. The molecule has 178 valence electrons. The Hall–Kier alpha value is -4.59. The van der Waals surface area contributed by atoms with Crippen molar-refractivity contribution in [3.63, 3.8) is 0 Å². The number of carboxylic acid groups (broad SMARTS) is 1. The van der Waals surface area contributed by atoms with Crippen LogP contribution in [0.1, 0.15) is 16.7 Å². The van der Waals surface area contributed by atoms with E-state index in [9.17, 15) is 9.90 Å². The van der Waals surface area contributed by atoms with Crippen molar-refractivity contribution in [1.29, 1.82) is 0 Å². The first-order valence-electron chi connectivity index (χ1n) is 11.2. The summed E-state index contributed by atoms with van der Waals surface area (Å²) in [6, 6.07) is 25.8. The van der Waals surface area contributed by atoms with Gasteiger partial charge in [0, 0.05) is 25.8 Å². The Morgan fingerprint density at radius 2 is 1.54 bits per heavy atom. The Morgan fingerprint density at radius 3 is 2.11 bits per heavy atom. The lowest BCUT2D eigenvalue weighted by atomic mass is 10.1. The lowest BCUT2D eigenvalue weighted by Crippen LogP contribution is -2.25. The van der Waals surface area contributed by atoms with Gasteiger partial charge in [0.2, 0.25) is 0 Å². The number of hydrogen-bond donors (Lipinski definition) is 3. The summed E-state index contributed by atoms with van der Waals surface area (Å²) in [4.78, 5) is 23.6. The number of anilines is 5. The molecule has 0 saturated carbocycles. The fourth-order valence-corrected chi connectivity index (χ4v) is 3.84. The van der Waals surface area contributed by atoms with Gasteiger partial charge in [-0.2, -0.15) is 0 Å². The van der Waals surface area contributed by atoms with Crippen molar-refractivity contribution in [2.75, 3.05) is 27.9 Å². The maximum Gasteiger partial charge on any atom is 0.411 e. The zero-order valence-electron chi connectivity index (χ0n) is 19.7. The zero-order chi connectivity index (χ0) is 24.8. The van der Waals surface area contributed by atoms with Gasteiger partial charge in [-0.1, -0.05) is 66.7 Å². The van der Waals surface area contributed by atoms with Gasteiger partial charge in [0.25, 0.3) is 0 Å². The Bertz CT molecular complexity index is 1260. The number of hydrogen-bond acceptors (Lipinski definition) is 6. The molecule has 0 atom stereocenters. The van der Waals surface area contributed by atoms with Crippen molar-refractivity contribution < 1.29 is 9.90 Å². The van der Waals surface area contributed by atoms with E-state index in [1.54, 1.807) is 6.07 Å². The lowest BCUT2D eigenvalue weighted by Gasteiger charge is -2.26. The molecule has 0 aliphatic heterocycles. The smallest absolute Gasteiger partial charge is 0.411 e. The third-order valence-electron chi connectivity index (χ3n) is 5.72. The molecule has 3 aromatic carbocycles. The van der Waals surface area contributed by atoms with Gasteiger partial charge in [-0.15, -0.1) is 0 Å². The number of carbonyl (C=O) groups is 1.